The van der Waals surface area contributed by atoms with Crippen LogP contribution in [-0.2, 0) is 6.42 Å². The van der Waals surface area contributed by atoms with Gasteiger partial charge in [-0.1, -0.05) is 0 Å². The zero-order valence-electron chi connectivity index (χ0n) is 10.7. The summed E-state index contributed by atoms with van der Waals surface area (Å²) in [6, 6.07) is 1.75. The Morgan fingerprint density at radius 2 is 2.37 bits per heavy atom. The van der Waals surface area contributed by atoms with Crippen LogP contribution in [0.25, 0.3) is 6.08 Å². The van der Waals surface area contributed by atoms with Gasteiger partial charge in [0.1, 0.15) is 11.5 Å². The number of ether oxygens (including phenoxy) is 2. The van der Waals surface area contributed by atoms with Gasteiger partial charge in [0.05, 0.1) is 23.1 Å². The third-order valence-corrected chi connectivity index (χ3v) is 3.86. The van der Waals surface area contributed by atoms with Gasteiger partial charge in [0.25, 0.3) is 0 Å². The topological polar surface area (TPSA) is 61.6 Å². The first-order valence-corrected chi connectivity index (χ1v) is 6.68. The third-order valence-electron chi connectivity index (χ3n) is 2.99. The summed E-state index contributed by atoms with van der Waals surface area (Å²) >= 11 is 3.50. The maximum Gasteiger partial charge on any atom is 0.243 e. The van der Waals surface area contributed by atoms with Crippen molar-refractivity contribution in [2.24, 2.45) is 0 Å². The average molecular weight is 328 g/mol. The number of rotatable bonds is 3. The molecule has 0 amide bonds. The van der Waals surface area contributed by atoms with Crippen molar-refractivity contribution in [2.75, 3.05) is 13.7 Å². The molecular weight excluding hydrogens is 314 g/mol. The van der Waals surface area contributed by atoms with E-state index in [1.807, 2.05) is 0 Å². The number of benzene rings is 1. The molecule has 1 heterocycles. The largest absolute Gasteiger partial charge is 0.496 e. The Kier molecular flexibility index (Phi) is 4.09. The molecule has 0 aliphatic carbocycles. The Morgan fingerprint density at radius 3 is 3.00 bits per heavy atom. The fourth-order valence-electron chi connectivity index (χ4n) is 2.04. The van der Waals surface area contributed by atoms with E-state index in [1.165, 1.54) is 13.0 Å². The summed E-state index contributed by atoms with van der Waals surface area (Å²) in [5.41, 5.74) is 1.76. The van der Waals surface area contributed by atoms with E-state index in [-0.39, 0.29) is 5.70 Å². The van der Waals surface area contributed by atoms with Crippen LogP contribution in [0.2, 0.25) is 0 Å². The number of hydrogen-bond acceptors (Lipinski definition) is 4. The maximum atomic E-state index is 10.7. The molecule has 1 aliphatic rings. The highest BCUT2D eigenvalue weighted by Gasteiger charge is 2.21. The van der Waals surface area contributed by atoms with E-state index in [0.717, 1.165) is 22.9 Å². The summed E-state index contributed by atoms with van der Waals surface area (Å²) in [6.45, 7) is 2.09. The van der Waals surface area contributed by atoms with Gasteiger partial charge in [-0.15, -0.1) is 0 Å². The summed E-state index contributed by atoms with van der Waals surface area (Å²) in [4.78, 5) is 10.3. The standard InChI is InChI=1S/C13H14BrNO4/c1-8(15(16)17)6-9-7-11(18-2)12(14)10-4-3-5-19-13(9)10/h6-7H,3-5H2,1-2H3/b8-6+. The third kappa shape index (κ3) is 2.73. The van der Waals surface area contributed by atoms with Crippen molar-refractivity contribution >= 4 is 22.0 Å². The lowest BCUT2D eigenvalue weighted by Gasteiger charge is -2.22. The van der Waals surface area contributed by atoms with Gasteiger partial charge >= 0.3 is 0 Å². The van der Waals surface area contributed by atoms with Crippen LogP contribution in [0.1, 0.15) is 24.5 Å². The molecule has 0 fully saturated rings. The van der Waals surface area contributed by atoms with Gasteiger partial charge in [-0.25, -0.2) is 0 Å². The van der Waals surface area contributed by atoms with Crippen molar-refractivity contribution in [2.45, 2.75) is 19.8 Å². The second-order valence-electron chi connectivity index (χ2n) is 4.28. The van der Waals surface area contributed by atoms with Crippen LogP contribution in [0.15, 0.2) is 16.2 Å². The summed E-state index contributed by atoms with van der Waals surface area (Å²) in [7, 11) is 1.57. The molecule has 0 saturated carbocycles. The van der Waals surface area contributed by atoms with Crippen molar-refractivity contribution in [1.29, 1.82) is 0 Å². The molecule has 0 unspecified atom stereocenters. The molecule has 1 aromatic carbocycles. The van der Waals surface area contributed by atoms with Gasteiger partial charge in [0.2, 0.25) is 5.70 Å². The van der Waals surface area contributed by atoms with E-state index in [0.29, 0.717) is 23.7 Å². The van der Waals surface area contributed by atoms with Crippen molar-refractivity contribution in [1.82, 2.24) is 0 Å². The predicted octanol–water partition coefficient (Wildman–Crippen LogP) is 3.42. The van der Waals surface area contributed by atoms with Gasteiger partial charge < -0.3 is 9.47 Å². The number of nitro groups is 1. The molecule has 0 bridgehead atoms. The molecule has 0 aromatic heterocycles. The van der Waals surface area contributed by atoms with E-state index in [4.69, 9.17) is 9.47 Å². The molecule has 102 valence electrons. The number of hydrogen-bond donors (Lipinski definition) is 0. The van der Waals surface area contributed by atoms with Crippen LogP contribution in [0.5, 0.6) is 11.5 Å². The van der Waals surface area contributed by atoms with Gasteiger partial charge in [0.15, 0.2) is 0 Å². The predicted molar refractivity (Wildman–Crippen MR) is 75.2 cm³/mol. The molecule has 0 N–H and O–H groups in total. The first kappa shape index (κ1) is 13.9. The van der Waals surface area contributed by atoms with Crippen LogP contribution in [0.4, 0.5) is 0 Å². The monoisotopic (exact) mass is 327 g/mol. The zero-order valence-corrected chi connectivity index (χ0v) is 12.3. The molecule has 19 heavy (non-hydrogen) atoms. The highest BCUT2D eigenvalue weighted by molar-refractivity contribution is 9.10. The molecule has 0 atom stereocenters. The molecule has 5 nitrogen and oxygen atoms in total. The number of halogens is 1. The smallest absolute Gasteiger partial charge is 0.243 e. The fourth-order valence-corrected chi connectivity index (χ4v) is 2.70. The highest BCUT2D eigenvalue weighted by Crippen LogP contribution is 2.41. The fraction of sp³-hybridized carbons (Fsp3) is 0.385. The quantitative estimate of drug-likeness (QED) is 0.630. The Hall–Kier alpha value is -1.56. The lowest BCUT2D eigenvalue weighted by Crippen LogP contribution is -2.11. The van der Waals surface area contributed by atoms with Crippen LogP contribution in [-0.4, -0.2) is 18.6 Å². The van der Waals surface area contributed by atoms with Crippen LogP contribution < -0.4 is 9.47 Å². The molecule has 1 aromatic rings. The lowest BCUT2D eigenvalue weighted by atomic mass is 10.0. The van der Waals surface area contributed by atoms with Gasteiger partial charge in [-0.2, -0.15) is 0 Å². The Labute approximate surface area is 119 Å². The normalized spacial score (nSPS) is 14.6. The van der Waals surface area contributed by atoms with Crippen molar-refractivity contribution in [3.05, 3.63) is 37.5 Å². The van der Waals surface area contributed by atoms with E-state index >= 15 is 0 Å². The van der Waals surface area contributed by atoms with Crippen molar-refractivity contribution in [3.8, 4) is 11.5 Å². The number of nitrogens with zero attached hydrogens (tertiary/aromatic N) is 1. The van der Waals surface area contributed by atoms with E-state index in [2.05, 4.69) is 15.9 Å². The SMILES string of the molecule is COc1cc(/C=C(\C)[N+](=O)[O-])c2c(c1Br)CCCO2. The second-order valence-corrected chi connectivity index (χ2v) is 5.08. The van der Waals surface area contributed by atoms with Gasteiger partial charge in [0, 0.05) is 24.1 Å². The molecule has 0 spiro atoms. The Bertz CT molecular complexity index is 554. The molecule has 0 radical (unpaired) electrons. The molecule has 2 rings (SSSR count). The summed E-state index contributed by atoms with van der Waals surface area (Å²) in [5, 5.41) is 10.7. The van der Waals surface area contributed by atoms with Crippen molar-refractivity contribution in [3.63, 3.8) is 0 Å². The van der Waals surface area contributed by atoms with Gasteiger partial charge in [-0.3, -0.25) is 10.1 Å². The summed E-state index contributed by atoms with van der Waals surface area (Å²) in [6.07, 6.45) is 3.31. The molecule has 1 aliphatic heterocycles. The van der Waals surface area contributed by atoms with Crippen LogP contribution in [0, 0.1) is 10.1 Å². The van der Waals surface area contributed by atoms with Crippen LogP contribution >= 0.6 is 15.9 Å². The number of fused-ring (bicyclic) bond motifs is 1. The number of allylic oxidation sites excluding steroid dienone is 1. The Morgan fingerprint density at radius 1 is 1.63 bits per heavy atom. The molecule has 0 saturated heterocycles. The molecular formula is C13H14BrNO4. The van der Waals surface area contributed by atoms with E-state index in [1.54, 1.807) is 13.2 Å². The minimum absolute atomic E-state index is 0.0701. The molecule has 6 heteroatoms. The van der Waals surface area contributed by atoms with E-state index in [9.17, 15) is 10.1 Å². The average Bonchev–Trinajstić information content (AvgIpc) is 2.41. The lowest BCUT2D eigenvalue weighted by molar-refractivity contribution is -0.422. The minimum Gasteiger partial charge on any atom is -0.496 e. The van der Waals surface area contributed by atoms with Crippen molar-refractivity contribution < 1.29 is 14.4 Å². The van der Waals surface area contributed by atoms with Crippen LogP contribution in [0.3, 0.4) is 0 Å². The summed E-state index contributed by atoms with van der Waals surface area (Å²) < 4.78 is 11.8. The summed E-state index contributed by atoms with van der Waals surface area (Å²) in [5.74, 6) is 1.37. The van der Waals surface area contributed by atoms with E-state index < -0.39 is 4.92 Å². The highest BCUT2D eigenvalue weighted by atomic mass is 79.9. The van der Waals surface area contributed by atoms with Gasteiger partial charge in [-0.05, 0) is 34.8 Å². The zero-order chi connectivity index (χ0) is 14.0. The second kappa shape index (κ2) is 5.61. The number of methoxy groups -OCH3 is 1. The first-order valence-electron chi connectivity index (χ1n) is 5.89. The first-order chi connectivity index (χ1) is 9.04. The minimum atomic E-state index is -0.413. The Balaban J connectivity index is 2.60. The maximum absolute atomic E-state index is 10.7.